The van der Waals surface area contributed by atoms with E-state index in [9.17, 15) is 14.0 Å². The fourth-order valence-corrected chi connectivity index (χ4v) is 2.09. The van der Waals surface area contributed by atoms with Gasteiger partial charge in [0.1, 0.15) is 5.82 Å². The number of hydrogen-bond donors (Lipinski definition) is 1. The second-order valence-electron chi connectivity index (χ2n) is 5.32. The lowest BCUT2D eigenvalue weighted by atomic mass is 10.1. The molecule has 0 saturated heterocycles. The highest BCUT2D eigenvalue weighted by Crippen LogP contribution is 2.28. The molecule has 1 unspecified atom stereocenters. The standard InChI is InChI=1S/C15H18FNO3/c1-10(15(19)20)9-17(13-6-7-13)14(18)8-11-2-4-12(16)5-3-11/h2-5,10,13H,6-9H2,1H3,(H,19,20). The number of carbonyl (C=O) groups excluding carboxylic acids is 1. The summed E-state index contributed by atoms with van der Waals surface area (Å²) in [6.07, 6.45) is 2.05. The van der Waals surface area contributed by atoms with Gasteiger partial charge < -0.3 is 10.0 Å². The maximum absolute atomic E-state index is 12.8. The molecule has 0 aromatic heterocycles. The molecule has 1 aromatic rings. The molecule has 0 heterocycles. The Bertz CT molecular complexity index is 496. The molecule has 1 N–H and O–H groups in total. The summed E-state index contributed by atoms with van der Waals surface area (Å²) in [4.78, 5) is 24.8. The topological polar surface area (TPSA) is 57.6 Å². The Labute approximate surface area is 117 Å². The Morgan fingerprint density at radius 1 is 1.35 bits per heavy atom. The number of carboxylic acid groups (broad SMARTS) is 1. The third kappa shape index (κ3) is 3.79. The number of benzene rings is 1. The van der Waals surface area contributed by atoms with Crippen LogP contribution in [0.2, 0.25) is 0 Å². The number of hydrogen-bond acceptors (Lipinski definition) is 2. The van der Waals surface area contributed by atoms with Gasteiger partial charge in [0.15, 0.2) is 0 Å². The van der Waals surface area contributed by atoms with Crippen LogP contribution in [-0.4, -0.2) is 34.5 Å². The van der Waals surface area contributed by atoms with E-state index in [1.807, 2.05) is 0 Å². The number of nitrogens with zero attached hydrogens (tertiary/aromatic N) is 1. The second kappa shape index (κ2) is 6.03. The molecule has 5 heteroatoms. The number of carboxylic acids is 1. The largest absolute Gasteiger partial charge is 0.481 e. The molecule has 20 heavy (non-hydrogen) atoms. The average Bonchev–Trinajstić information content (AvgIpc) is 3.22. The van der Waals surface area contributed by atoms with Crippen molar-refractivity contribution in [1.29, 1.82) is 0 Å². The second-order valence-corrected chi connectivity index (χ2v) is 5.32. The summed E-state index contributed by atoms with van der Waals surface area (Å²) in [7, 11) is 0. The Morgan fingerprint density at radius 2 is 1.95 bits per heavy atom. The van der Waals surface area contributed by atoms with E-state index in [4.69, 9.17) is 5.11 Å². The molecule has 4 nitrogen and oxygen atoms in total. The van der Waals surface area contributed by atoms with Crippen LogP contribution in [0.25, 0.3) is 0 Å². The van der Waals surface area contributed by atoms with Gasteiger partial charge >= 0.3 is 5.97 Å². The van der Waals surface area contributed by atoms with Crippen LogP contribution in [0, 0.1) is 11.7 Å². The smallest absolute Gasteiger partial charge is 0.308 e. The van der Waals surface area contributed by atoms with Crippen LogP contribution in [0.3, 0.4) is 0 Å². The molecule has 1 amide bonds. The van der Waals surface area contributed by atoms with Crippen molar-refractivity contribution in [1.82, 2.24) is 4.90 Å². The quantitative estimate of drug-likeness (QED) is 0.867. The summed E-state index contributed by atoms with van der Waals surface area (Å²) in [6, 6.07) is 5.98. The van der Waals surface area contributed by atoms with Gasteiger partial charge in [-0.2, -0.15) is 0 Å². The lowest BCUT2D eigenvalue weighted by Gasteiger charge is -2.24. The van der Waals surface area contributed by atoms with E-state index in [1.165, 1.54) is 12.1 Å². The van der Waals surface area contributed by atoms with E-state index in [0.717, 1.165) is 18.4 Å². The van der Waals surface area contributed by atoms with Gasteiger partial charge in [-0.05, 0) is 30.5 Å². The van der Waals surface area contributed by atoms with E-state index in [1.54, 1.807) is 24.0 Å². The van der Waals surface area contributed by atoms with Crippen molar-refractivity contribution in [2.45, 2.75) is 32.2 Å². The van der Waals surface area contributed by atoms with E-state index in [-0.39, 0.29) is 30.7 Å². The molecule has 1 aliphatic carbocycles. The normalized spacial score (nSPS) is 15.7. The van der Waals surface area contributed by atoms with Gasteiger partial charge in [0.05, 0.1) is 12.3 Å². The van der Waals surface area contributed by atoms with E-state index < -0.39 is 11.9 Å². The highest BCUT2D eigenvalue weighted by Gasteiger charge is 2.34. The molecular weight excluding hydrogens is 261 g/mol. The number of amides is 1. The van der Waals surface area contributed by atoms with Crippen molar-refractivity contribution in [3.63, 3.8) is 0 Å². The van der Waals surface area contributed by atoms with Gasteiger partial charge in [0.25, 0.3) is 0 Å². The minimum atomic E-state index is -0.898. The predicted molar refractivity (Wildman–Crippen MR) is 71.6 cm³/mol. The van der Waals surface area contributed by atoms with E-state index in [0.29, 0.717) is 0 Å². The summed E-state index contributed by atoms with van der Waals surface area (Å²) < 4.78 is 12.8. The average molecular weight is 279 g/mol. The molecule has 1 aromatic carbocycles. The number of rotatable bonds is 6. The first kappa shape index (κ1) is 14.5. The van der Waals surface area contributed by atoms with Gasteiger partial charge in [-0.15, -0.1) is 0 Å². The van der Waals surface area contributed by atoms with Gasteiger partial charge in [0, 0.05) is 12.6 Å². The van der Waals surface area contributed by atoms with Gasteiger partial charge in [-0.1, -0.05) is 19.1 Å². The van der Waals surface area contributed by atoms with Crippen molar-refractivity contribution in [3.8, 4) is 0 Å². The van der Waals surface area contributed by atoms with Crippen LogP contribution >= 0.6 is 0 Å². The zero-order valence-electron chi connectivity index (χ0n) is 11.4. The summed E-state index contributed by atoms with van der Waals surface area (Å²) in [5, 5.41) is 8.96. The summed E-state index contributed by atoms with van der Waals surface area (Å²) in [5.41, 5.74) is 0.741. The molecular formula is C15H18FNO3. The van der Waals surface area contributed by atoms with Crippen LogP contribution in [0.4, 0.5) is 4.39 Å². The Morgan fingerprint density at radius 3 is 2.45 bits per heavy atom. The molecule has 1 fully saturated rings. The van der Waals surface area contributed by atoms with E-state index >= 15 is 0 Å². The van der Waals surface area contributed by atoms with Crippen molar-refractivity contribution in [2.24, 2.45) is 5.92 Å². The molecule has 2 rings (SSSR count). The van der Waals surface area contributed by atoms with Crippen molar-refractivity contribution < 1.29 is 19.1 Å². The zero-order chi connectivity index (χ0) is 14.7. The maximum Gasteiger partial charge on any atom is 0.308 e. The number of aliphatic carboxylic acids is 1. The fraction of sp³-hybridized carbons (Fsp3) is 0.467. The van der Waals surface area contributed by atoms with Crippen LogP contribution in [0.5, 0.6) is 0 Å². The molecule has 0 spiro atoms. The first-order chi connectivity index (χ1) is 9.47. The lowest BCUT2D eigenvalue weighted by Crippen LogP contribution is -2.39. The minimum Gasteiger partial charge on any atom is -0.481 e. The number of carbonyl (C=O) groups is 2. The molecule has 0 bridgehead atoms. The molecule has 0 radical (unpaired) electrons. The van der Waals surface area contributed by atoms with Crippen molar-refractivity contribution in [2.75, 3.05) is 6.54 Å². The van der Waals surface area contributed by atoms with Gasteiger partial charge in [0.2, 0.25) is 5.91 Å². The Balaban J connectivity index is 2.00. The Hall–Kier alpha value is -1.91. The molecule has 1 atom stereocenters. The maximum atomic E-state index is 12.8. The molecule has 1 aliphatic rings. The highest BCUT2D eigenvalue weighted by atomic mass is 19.1. The summed E-state index contributed by atoms with van der Waals surface area (Å²) >= 11 is 0. The first-order valence-corrected chi connectivity index (χ1v) is 6.74. The van der Waals surface area contributed by atoms with Gasteiger partial charge in [-0.25, -0.2) is 4.39 Å². The van der Waals surface area contributed by atoms with E-state index in [2.05, 4.69) is 0 Å². The Kier molecular flexibility index (Phi) is 4.37. The van der Waals surface area contributed by atoms with Crippen molar-refractivity contribution in [3.05, 3.63) is 35.6 Å². The summed E-state index contributed by atoms with van der Waals surface area (Å²) in [5.74, 6) is -1.90. The molecule has 1 saturated carbocycles. The van der Waals surface area contributed by atoms with Crippen LogP contribution in [0.15, 0.2) is 24.3 Å². The minimum absolute atomic E-state index is 0.0905. The first-order valence-electron chi connectivity index (χ1n) is 6.74. The third-order valence-electron chi connectivity index (χ3n) is 3.47. The number of halogens is 1. The fourth-order valence-electron chi connectivity index (χ4n) is 2.09. The molecule has 108 valence electrons. The van der Waals surface area contributed by atoms with Crippen molar-refractivity contribution >= 4 is 11.9 Å². The van der Waals surface area contributed by atoms with Crippen LogP contribution in [-0.2, 0) is 16.0 Å². The highest BCUT2D eigenvalue weighted by molar-refractivity contribution is 5.80. The summed E-state index contributed by atoms with van der Waals surface area (Å²) in [6.45, 7) is 1.84. The van der Waals surface area contributed by atoms with Gasteiger partial charge in [-0.3, -0.25) is 9.59 Å². The monoisotopic (exact) mass is 279 g/mol. The molecule has 0 aliphatic heterocycles. The third-order valence-corrected chi connectivity index (χ3v) is 3.47. The SMILES string of the molecule is CC(CN(C(=O)Cc1ccc(F)cc1)C1CC1)C(=O)O. The lowest BCUT2D eigenvalue weighted by molar-refractivity contribution is -0.143. The predicted octanol–water partition coefficient (Wildman–Crippen LogP) is 2.08. The zero-order valence-corrected chi connectivity index (χ0v) is 11.4. The van der Waals surface area contributed by atoms with Crippen LogP contribution in [0.1, 0.15) is 25.3 Å². The van der Waals surface area contributed by atoms with Crippen LogP contribution < -0.4 is 0 Å².